The van der Waals surface area contributed by atoms with E-state index in [1.807, 2.05) is 60.7 Å². The van der Waals surface area contributed by atoms with Crippen LogP contribution in [0.3, 0.4) is 0 Å². The number of carboxylic acid groups (broad SMARTS) is 1. The van der Waals surface area contributed by atoms with Crippen LogP contribution < -0.4 is 5.32 Å². The van der Waals surface area contributed by atoms with Gasteiger partial charge in [0, 0.05) is 12.7 Å². The van der Waals surface area contributed by atoms with E-state index >= 15 is 0 Å². The maximum absolute atomic E-state index is 13.4. The number of rotatable bonds is 15. The fraction of sp³-hybridized carbons (Fsp3) is 0.440. The molecule has 2 N–H and O–H groups in total. The molecule has 0 aliphatic carbocycles. The number of carboxylic acids is 1. The van der Waals surface area contributed by atoms with E-state index in [-0.39, 0.29) is 32.3 Å². The third kappa shape index (κ3) is 9.80. The second-order valence-electron chi connectivity index (χ2n) is 7.79. The minimum Gasteiger partial charge on any atom is -0.481 e. The van der Waals surface area contributed by atoms with Crippen LogP contribution in [0, 0.1) is 0 Å². The number of carbonyl (C=O) groups is 2. The van der Waals surface area contributed by atoms with Crippen molar-refractivity contribution >= 4 is 19.4 Å². The van der Waals surface area contributed by atoms with Gasteiger partial charge in [-0.25, -0.2) is 4.79 Å². The van der Waals surface area contributed by atoms with Gasteiger partial charge in [0.2, 0.25) is 7.37 Å². The number of nitrogens with one attached hydrogen (secondary N) is 1. The molecule has 2 aromatic rings. The molecule has 2 atom stereocenters. The van der Waals surface area contributed by atoms with E-state index < -0.39 is 25.1 Å². The van der Waals surface area contributed by atoms with Crippen LogP contribution in [0.15, 0.2) is 60.7 Å². The summed E-state index contributed by atoms with van der Waals surface area (Å²) in [5.74, 6) is -1.12. The fourth-order valence-corrected chi connectivity index (χ4v) is 6.22. The van der Waals surface area contributed by atoms with Gasteiger partial charge in [-0.2, -0.15) is 0 Å². The smallest absolute Gasteiger partial charge is 0.407 e. The molecule has 1 amide bonds. The highest BCUT2D eigenvalue weighted by Gasteiger charge is 2.38. The van der Waals surface area contributed by atoms with E-state index in [1.54, 1.807) is 6.92 Å². The molecule has 0 fully saturated rings. The Morgan fingerprint density at radius 3 is 2.21 bits per heavy atom. The molecule has 0 heterocycles. The maximum Gasteiger partial charge on any atom is 0.407 e. The van der Waals surface area contributed by atoms with Gasteiger partial charge in [0.1, 0.15) is 12.3 Å². The quantitative estimate of drug-likeness (QED) is 0.261. The number of aliphatic carboxylic acids is 1. The van der Waals surface area contributed by atoms with Crippen LogP contribution in [0.1, 0.15) is 43.7 Å². The predicted molar refractivity (Wildman–Crippen MR) is 129 cm³/mol. The van der Waals surface area contributed by atoms with E-state index in [4.69, 9.17) is 9.26 Å². The van der Waals surface area contributed by atoms with Crippen molar-refractivity contribution in [3.63, 3.8) is 0 Å². The monoisotopic (exact) mass is 475 g/mol. The van der Waals surface area contributed by atoms with Gasteiger partial charge in [-0.05, 0) is 50.2 Å². The molecule has 7 nitrogen and oxygen atoms in total. The summed E-state index contributed by atoms with van der Waals surface area (Å²) in [6, 6.07) is 19.3. The lowest BCUT2D eigenvalue weighted by Gasteiger charge is -2.24. The second kappa shape index (κ2) is 14.5. The third-order valence-electron chi connectivity index (χ3n) is 5.27. The van der Waals surface area contributed by atoms with Gasteiger partial charge in [-0.1, -0.05) is 60.7 Å². The molecular formula is C25H34NO6P. The van der Waals surface area contributed by atoms with Crippen molar-refractivity contribution in [3.8, 4) is 0 Å². The predicted octanol–water partition coefficient (Wildman–Crippen LogP) is 5.48. The molecule has 0 saturated carbocycles. The summed E-state index contributed by atoms with van der Waals surface area (Å²) < 4.78 is 24.1. The van der Waals surface area contributed by atoms with Crippen molar-refractivity contribution < 1.29 is 28.5 Å². The lowest BCUT2D eigenvalue weighted by atomic mass is 10.1. The van der Waals surface area contributed by atoms with Crippen molar-refractivity contribution in [3.05, 3.63) is 71.8 Å². The largest absolute Gasteiger partial charge is 0.481 e. The van der Waals surface area contributed by atoms with E-state index in [9.17, 15) is 19.3 Å². The number of alkyl carbamates (subject to hydrolysis) is 1. The van der Waals surface area contributed by atoms with Crippen LogP contribution in [0.2, 0.25) is 0 Å². The molecule has 0 spiro atoms. The first-order chi connectivity index (χ1) is 15.9. The van der Waals surface area contributed by atoms with Crippen molar-refractivity contribution in [1.82, 2.24) is 5.32 Å². The summed E-state index contributed by atoms with van der Waals surface area (Å²) in [6.45, 7) is 2.31. The Morgan fingerprint density at radius 1 is 0.970 bits per heavy atom. The minimum absolute atomic E-state index is 0.157. The summed E-state index contributed by atoms with van der Waals surface area (Å²) in [6.07, 6.45) is 2.46. The second-order valence-corrected chi connectivity index (χ2v) is 10.6. The van der Waals surface area contributed by atoms with Crippen LogP contribution in [-0.2, 0) is 31.6 Å². The van der Waals surface area contributed by atoms with E-state index in [1.165, 1.54) is 5.56 Å². The number of unbranched alkanes of at least 4 members (excludes halogenated alkanes) is 1. The Morgan fingerprint density at radius 2 is 1.61 bits per heavy atom. The average Bonchev–Trinajstić information content (AvgIpc) is 2.81. The molecule has 33 heavy (non-hydrogen) atoms. The first kappa shape index (κ1) is 26.6. The van der Waals surface area contributed by atoms with Crippen molar-refractivity contribution in [1.29, 1.82) is 0 Å². The normalized spacial score (nSPS) is 13.6. The first-order valence-electron chi connectivity index (χ1n) is 11.4. The number of hydrogen-bond acceptors (Lipinski definition) is 5. The first-order valence-corrected chi connectivity index (χ1v) is 13.3. The van der Waals surface area contributed by atoms with Gasteiger partial charge in [0.05, 0.1) is 6.61 Å². The number of aryl methyl sites for hydroxylation is 1. The molecule has 2 aromatic carbocycles. The lowest BCUT2D eigenvalue weighted by Crippen LogP contribution is -2.28. The maximum atomic E-state index is 13.4. The van der Waals surface area contributed by atoms with Gasteiger partial charge >= 0.3 is 12.1 Å². The Bertz CT molecular complexity index is 890. The van der Waals surface area contributed by atoms with Crippen LogP contribution in [0.4, 0.5) is 4.79 Å². The zero-order chi connectivity index (χ0) is 23.9. The number of ether oxygens (including phenoxy) is 1. The molecule has 0 aliphatic heterocycles. The van der Waals surface area contributed by atoms with E-state index in [2.05, 4.69) is 5.32 Å². The third-order valence-corrected chi connectivity index (χ3v) is 8.34. The van der Waals surface area contributed by atoms with Crippen LogP contribution >= 0.6 is 7.37 Å². The number of benzene rings is 2. The zero-order valence-electron chi connectivity index (χ0n) is 19.2. The molecule has 2 rings (SSSR count). The van der Waals surface area contributed by atoms with Crippen LogP contribution in [0.25, 0.3) is 0 Å². The van der Waals surface area contributed by atoms with Crippen LogP contribution in [0.5, 0.6) is 0 Å². The van der Waals surface area contributed by atoms with Gasteiger partial charge in [0.25, 0.3) is 0 Å². The summed E-state index contributed by atoms with van der Waals surface area (Å²) in [4.78, 5) is 23.8. The number of carbonyl (C=O) groups excluding carboxylic acids is 1. The summed E-state index contributed by atoms with van der Waals surface area (Å²) in [5.41, 5.74) is 0.989. The molecule has 0 aromatic heterocycles. The molecule has 0 saturated heterocycles. The zero-order valence-corrected chi connectivity index (χ0v) is 20.0. The highest BCUT2D eigenvalue weighted by atomic mass is 31.2. The Kier molecular flexibility index (Phi) is 11.7. The van der Waals surface area contributed by atoms with E-state index in [0.29, 0.717) is 12.8 Å². The fourth-order valence-electron chi connectivity index (χ4n) is 3.58. The minimum atomic E-state index is -3.37. The summed E-state index contributed by atoms with van der Waals surface area (Å²) >= 11 is 0. The van der Waals surface area contributed by atoms with E-state index in [0.717, 1.165) is 18.4 Å². The number of amides is 1. The van der Waals surface area contributed by atoms with Crippen LogP contribution in [-0.4, -0.2) is 42.1 Å². The molecule has 0 aliphatic rings. The molecule has 0 bridgehead atoms. The molecule has 180 valence electrons. The highest BCUT2D eigenvalue weighted by Crippen LogP contribution is 2.54. The summed E-state index contributed by atoms with van der Waals surface area (Å²) in [7, 11) is -3.37. The molecule has 0 radical (unpaired) electrons. The number of hydrogen-bond donors (Lipinski definition) is 2. The van der Waals surface area contributed by atoms with Crippen molar-refractivity contribution in [2.45, 2.75) is 51.3 Å². The van der Waals surface area contributed by atoms with Crippen molar-refractivity contribution in [2.75, 3.05) is 19.3 Å². The topological polar surface area (TPSA) is 102 Å². The average molecular weight is 476 g/mol. The summed E-state index contributed by atoms with van der Waals surface area (Å²) in [5, 5.41) is 12.3. The Labute approximate surface area is 196 Å². The van der Waals surface area contributed by atoms with Gasteiger partial charge in [-0.15, -0.1) is 0 Å². The molecular weight excluding hydrogens is 441 g/mol. The Balaban J connectivity index is 1.78. The van der Waals surface area contributed by atoms with Gasteiger partial charge in [0.15, 0.2) is 0 Å². The van der Waals surface area contributed by atoms with Gasteiger partial charge in [-0.3, -0.25) is 9.36 Å². The molecule has 8 heteroatoms. The Hall–Kier alpha value is -2.63. The van der Waals surface area contributed by atoms with Gasteiger partial charge < -0.3 is 19.7 Å². The SMILES string of the molecule is CCOP(=O)(CCCCc1ccccc1)C(CCCNC(=O)OCc1ccccc1)C(=O)O. The highest BCUT2D eigenvalue weighted by molar-refractivity contribution is 7.60. The van der Waals surface area contributed by atoms with Crippen molar-refractivity contribution in [2.24, 2.45) is 0 Å². The lowest BCUT2D eigenvalue weighted by molar-refractivity contribution is -0.136. The molecule has 2 unspecified atom stereocenters. The standard InChI is InChI=1S/C25H34NO6P/c1-2-32-33(30,19-10-9-14-21-12-5-3-6-13-21)23(24(27)28)17-11-18-26-25(29)31-20-22-15-7-4-8-16-22/h3-8,12-13,15-16,23H,2,9-11,14,17-20H2,1H3,(H,26,29)(H,27,28).